The summed E-state index contributed by atoms with van der Waals surface area (Å²) in [5, 5.41) is 9.39. The Balaban J connectivity index is 2.25. The lowest BCUT2D eigenvalue weighted by molar-refractivity contribution is -0.144. The summed E-state index contributed by atoms with van der Waals surface area (Å²) in [7, 11) is 0. The van der Waals surface area contributed by atoms with Crippen molar-refractivity contribution in [1.82, 2.24) is 4.90 Å². The molecule has 1 fully saturated rings. The van der Waals surface area contributed by atoms with E-state index >= 15 is 0 Å². The van der Waals surface area contributed by atoms with Gasteiger partial charge in [0.2, 0.25) is 0 Å². The highest BCUT2D eigenvalue weighted by atomic mass is 19.1. The van der Waals surface area contributed by atoms with E-state index in [9.17, 15) is 14.3 Å². The Kier molecular flexibility index (Phi) is 3.97. The van der Waals surface area contributed by atoms with Gasteiger partial charge in [0.05, 0.1) is 0 Å². The summed E-state index contributed by atoms with van der Waals surface area (Å²) in [6.07, 6.45) is 2.13. The minimum absolute atomic E-state index is 0.385. The molecule has 0 bridgehead atoms. The lowest BCUT2D eigenvalue weighted by atomic mass is 9.96. The molecule has 4 heteroatoms. The fourth-order valence-corrected chi connectivity index (χ4v) is 2.65. The van der Waals surface area contributed by atoms with Gasteiger partial charge in [0.25, 0.3) is 0 Å². The van der Waals surface area contributed by atoms with E-state index in [-0.39, 0.29) is 5.82 Å². The lowest BCUT2D eigenvalue weighted by Crippen LogP contribution is -2.40. The van der Waals surface area contributed by atoms with Crippen molar-refractivity contribution in [2.75, 3.05) is 13.1 Å². The lowest BCUT2D eigenvalue weighted by Gasteiger charge is -2.35. The molecule has 1 N–H and O–H groups in total. The van der Waals surface area contributed by atoms with E-state index in [0.717, 1.165) is 25.9 Å². The summed E-state index contributed by atoms with van der Waals surface area (Å²) in [5.74, 6) is -0.798. The van der Waals surface area contributed by atoms with Gasteiger partial charge < -0.3 is 5.11 Å². The molecule has 98 valence electrons. The first-order valence-electron chi connectivity index (χ1n) is 6.30. The van der Waals surface area contributed by atoms with Crippen molar-refractivity contribution in [3.05, 3.63) is 35.6 Å². The quantitative estimate of drug-likeness (QED) is 0.898. The highest BCUT2D eigenvalue weighted by molar-refractivity contribution is 5.75. The van der Waals surface area contributed by atoms with Gasteiger partial charge >= 0.3 is 5.97 Å². The molecule has 1 aliphatic heterocycles. The van der Waals surface area contributed by atoms with Crippen LogP contribution < -0.4 is 0 Å². The minimum atomic E-state index is -0.908. The second-order valence-corrected chi connectivity index (χ2v) is 5.04. The highest BCUT2D eigenvalue weighted by Gasteiger charge is 2.30. The summed E-state index contributed by atoms with van der Waals surface area (Å²) in [4.78, 5) is 13.4. The summed E-state index contributed by atoms with van der Waals surface area (Å²) in [5.41, 5.74) is 0.525. The first-order valence-corrected chi connectivity index (χ1v) is 6.30. The number of rotatable bonds is 3. The van der Waals surface area contributed by atoms with Crippen LogP contribution in [0.4, 0.5) is 4.39 Å². The Bertz CT molecular complexity index is 436. The maximum Gasteiger partial charge on any atom is 0.325 e. The Morgan fingerprint density at radius 3 is 2.94 bits per heavy atom. The second kappa shape index (κ2) is 5.48. The van der Waals surface area contributed by atoms with Crippen LogP contribution in [0.25, 0.3) is 0 Å². The molecule has 0 radical (unpaired) electrons. The molecule has 18 heavy (non-hydrogen) atoms. The van der Waals surface area contributed by atoms with Crippen molar-refractivity contribution in [3.63, 3.8) is 0 Å². The number of piperidine rings is 1. The molecule has 0 aliphatic carbocycles. The van der Waals surface area contributed by atoms with Crippen LogP contribution in [0.3, 0.4) is 0 Å². The summed E-state index contributed by atoms with van der Waals surface area (Å²) in [6, 6.07) is 5.16. The molecule has 2 unspecified atom stereocenters. The topological polar surface area (TPSA) is 40.5 Å². The number of carbonyl (C=O) groups is 1. The first kappa shape index (κ1) is 13.0. The number of halogens is 1. The van der Waals surface area contributed by atoms with Crippen molar-refractivity contribution >= 4 is 5.97 Å². The largest absolute Gasteiger partial charge is 0.480 e. The van der Waals surface area contributed by atoms with Crippen molar-refractivity contribution < 1.29 is 14.3 Å². The van der Waals surface area contributed by atoms with Crippen LogP contribution in [0, 0.1) is 11.7 Å². The van der Waals surface area contributed by atoms with Gasteiger partial charge in [-0.3, -0.25) is 9.69 Å². The van der Waals surface area contributed by atoms with Gasteiger partial charge in [-0.1, -0.05) is 19.1 Å². The molecule has 1 aliphatic rings. The van der Waals surface area contributed by atoms with Crippen molar-refractivity contribution in [3.8, 4) is 0 Å². The van der Waals surface area contributed by atoms with E-state index in [2.05, 4.69) is 6.92 Å². The molecule has 2 rings (SSSR count). The van der Waals surface area contributed by atoms with Crippen LogP contribution in [0.2, 0.25) is 0 Å². The van der Waals surface area contributed by atoms with Gasteiger partial charge in [0, 0.05) is 6.54 Å². The smallest absolute Gasteiger partial charge is 0.325 e. The Morgan fingerprint density at radius 2 is 2.33 bits per heavy atom. The van der Waals surface area contributed by atoms with Crippen LogP contribution in [0.5, 0.6) is 0 Å². The van der Waals surface area contributed by atoms with Crippen molar-refractivity contribution in [1.29, 1.82) is 0 Å². The second-order valence-electron chi connectivity index (χ2n) is 5.04. The van der Waals surface area contributed by atoms with E-state index in [1.54, 1.807) is 12.1 Å². The Hall–Kier alpha value is -1.42. The van der Waals surface area contributed by atoms with Gasteiger partial charge in [0.15, 0.2) is 0 Å². The molecule has 1 aromatic carbocycles. The van der Waals surface area contributed by atoms with Crippen LogP contribution in [-0.2, 0) is 4.79 Å². The highest BCUT2D eigenvalue weighted by Crippen LogP contribution is 2.27. The number of likely N-dealkylation sites (tertiary alicyclic amines) is 1. The average molecular weight is 251 g/mol. The maximum absolute atomic E-state index is 13.2. The minimum Gasteiger partial charge on any atom is -0.480 e. The van der Waals surface area contributed by atoms with E-state index in [1.807, 2.05) is 4.90 Å². The zero-order chi connectivity index (χ0) is 13.1. The van der Waals surface area contributed by atoms with E-state index < -0.39 is 12.0 Å². The number of carboxylic acid groups (broad SMARTS) is 1. The van der Waals surface area contributed by atoms with Crippen LogP contribution in [0.15, 0.2) is 24.3 Å². The number of aliphatic carboxylic acids is 1. The first-order chi connectivity index (χ1) is 8.58. The molecular formula is C14H18FNO2. The predicted molar refractivity (Wildman–Crippen MR) is 66.7 cm³/mol. The standard InChI is InChI=1S/C14H18FNO2/c1-10-4-3-7-16(9-10)13(14(17)18)11-5-2-6-12(15)8-11/h2,5-6,8,10,13H,3-4,7,9H2,1H3,(H,17,18). The average Bonchev–Trinajstić information content (AvgIpc) is 2.28. The van der Waals surface area contributed by atoms with Gasteiger partial charge in [0.1, 0.15) is 11.9 Å². The third-order valence-electron chi connectivity index (χ3n) is 3.45. The van der Waals surface area contributed by atoms with E-state index in [4.69, 9.17) is 0 Å². The molecule has 0 spiro atoms. The molecule has 1 aromatic rings. The monoisotopic (exact) mass is 251 g/mol. The number of benzene rings is 1. The number of carboxylic acids is 1. The summed E-state index contributed by atoms with van der Waals surface area (Å²) < 4.78 is 13.2. The van der Waals surface area contributed by atoms with Gasteiger partial charge in [-0.2, -0.15) is 0 Å². The molecule has 2 atom stereocenters. The van der Waals surface area contributed by atoms with Gasteiger partial charge in [-0.15, -0.1) is 0 Å². The Morgan fingerprint density at radius 1 is 1.56 bits per heavy atom. The fourth-order valence-electron chi connectivity index (χ4n) is 2.65. The normalized spacial score (nSPS) is 22.7. The van der Waals surface area contributed by atoms with Gasteiger partial charge in [-0.25, -0.2) is 4.39 Å². The molecule has 1 saturated heterocycles. The molecule has 0 amide bonds. The van der Waals surface area contributed by atoms with Gasteiger partial charge in [-0.05, 0) is 43.0 Å². The molecular weight excluding hydrogens is 233 g/mol. The summed E-state index contributed by atoms with van der Waals surface area (Å²) in [6.45, 7) is 3.64. The molecule has 1 heterocycles. The van der Waals surface area contributed by atoms with Crippen LogP contribution in [-0.4, -0.2) is 29.1 Å². The zero-order valence-corrected chi connectivity index (χ0v) is 10.5. The van der Waals surface area contributed by atoms with Crippen molar-refractivity contribution in [2.24, 2.45) is 5.92 Å². The van der Waals surface area contributed by atoms with Crippen LogP contribution >= 0.6 is 0 Å². The third-order valence-corrected chi connectivity index (χ3v) is 3.45. The number of hydrogen-bond donors (Lipinski definition) is 1. The van der Waals surface area contributed by atoms with E-state index in [1.165, 1.54) is 12.1 Å². The molecule has 3 nitrogen and oxygen atoms in total. The summed E-state index contributed by atoms with van der Waals surface area (Å²) >= 11 is 0. The molecule has 0 aromatic heterocycles. The zero-order valence-electron chi connectivity index (χ0n) is 10.5. The fraction of sp³-hybridized carbons (Fsp3) is 0.500. The van der Waals surface area contributed by atoms with E-state index in [0.29, 0.717) is 11.5 Å². The third kappa shape index (κ3) is 2.88. The maximum atomic E-state index is 13.2. The van der Waals surface area contributed by atoms with Crippen molar-refractivity contribution in [2.45, 2.75) is 25.8 Å². The number of hydrogen-bond acceptors (Lipinski definition) is 2. The predicted octanol–water partition coefficient (Wildman–Crippen LogP) is 2.68. The number of nitrogens with zero attached hydrogens (tertiary/aromatic N) is 1. The molecule has 0 saturated carbocycles. The van der Waals surface area contributed by atoms with Crippen LogP contribution in [0.1, 0.15) is 31.4 Å². The SMILES string of the molecule is CC1CCCN(C(C(=O)O)c2cccc(F)c2)C1. The Labute approximate surface area is 106 Å².